The van der Waals surface area contributed by atoms with Crippen LogP contribution in [0, 0.1) is 0 Å². The van der Waals surface area contributed by atoms with Crippen LogP contribution in [0.1, 0.15) is 10.5 Å². The second-order valence-corrected chi connectivity index (χ2v) is 2.70. The fourth-order valence-corrected chi connectivity index (χ4v) is 0.945. The Morgan fingerprint density at radius 2 is 2.20 bits per heavy atom. The summed E-state index contributed by atoms with van der Waals surface area (Å²) in [6.45, 7) is -1.47. The number of halogens is 3. The highest BCUT2D eigenvalue weighted by Crippen LogP contribution is 2.15. The van der Waals surface area contributed by atoms with E-state index in [0.29, 0.717) is 0 Å². The van der Waals surface area contributed by atoms with Gasteiger partial charge < -0.3 is 4.74 Å². The highest BCUT2D eigenvalue weighted by molar-refractivity contribution is 5.86. The second kappa shape index (κ2) is 3.79. The van der Waals surface area contributed by atoms with Crippen molar-refractivity contribution in [2.24, 2.45) is 0 Å². The normalized spacial score (nSPS) is 11.5. The average Bonchev–Trinajstić information content (AvgIpc) is 2.44. The van der Waals surface area contributed by atoms with Gasteiger partial charge in [-0.25, -0.2) is 9.48 Å². The van der Waals surface area contributed by atoms with Gasteiger partial charge in [0.25, 0.3) is 5.56 Å². The van der Waals surface area contributed by atoms with E-state index in [0.717, 1.165) is 13.2 Å². The number of hydrogen-bond acceptors (Lipinski definition) is 3. The molecule has 0 unspecified atom stereocenters. The molecule has 0 aromatic carbocycles. The van der Waals surface area contributed by atoms with E-state index in [1.807, 2.05) is 5.10 Å². The van der Waals surface area contributed by atoms with Crippen LogP contribution in [0.4, 0.5) is 13.2 Å². The van der Waals surface area contributed by atoms with E-state index >= 15 is 0 Å². The molecule has 1 aromatic heterocycles. The molecule has 0 aliphatic carbocycles. The second-order valence-electron chi connectivity index (χ2n) is 2.70. The van der Waals surface area contributed by atoms with Crippen molar-refractivity contribution in [3.8, 4) is 0 Å². The van der Waals surface area contributed by atoms with Gasteiger partial charge in [0.2, 0.25) is 0 Å². The number of alkyl halides is 3. The van der Waals surface area contributed by atoms with Gasteiger partial charge >= 0.3 is 12.1 Å². The third kappa shape index (κ3) is 2.86. The van der Waals surface area contributed by atoms with Gasteiger partial charge in [-0.2, -0.15) is 13.2 Å². The molecule has 0 atom stereocenters. The standard InChI is InChI=1S/C7H7F3N2O3/c1-15-6(14)4-2-5(13)12(11-4)3-7(8,9)10/h2,11H,3H2,1H3. The summed E-state index contributed by atoms with van der Waals surface area (Å²) in [5.74, 6) is -0.895. The maximum Gasteiger partial charge on any atom is 0.408 e. The van der Waals surface area contributed by atoms with Crippen LogP contribution >= 0.6 is 0 Å². The predicted octanol–water partition coefficient (Wildman–Crippen LogP) is 0.525. The van der Waals surface area contributed by atoms with Gasteiger partial charge in [0.1, 0.15) is 12.2 Å². The van der Waals surface area contributed by atoms with E-state index in [2.05, 4.69) is 4.74 Å². The van der Waals surface area contributed by atoms with Crippen molar-refractivity contribution in [1.29, 1.82) is 0 Å². The molecule has 1 rings (SSSR count). The Kier molecular flexibility index (Phi) is 2.87. The first kappa shape index (κ1) is 11.3. The number of hydrogen-bond donors (Lipinski definition) is 1. The molecule has 0 amide bonds. The van der Waals surface area contributed by atoms with Gasteiger partial charge in [-0.15, -0.1) is 0 Å². The van der Waals surface area contributed by atoms with Crippen molar-refractivity contribution >= 4 is 5.97 Å². The zero-order valence-electron chi connectivity index (χ0n) is 7.59. The number of rotatable bonds is 2. The molecule has 5 nitrogen and oxygen atoms in total. The van der Waals surface area contributed by atoms with Gasteiger partial charge in [0, 0.05) is 6.07 Å². The van der Waals surface area contributed by atoms with Crippen LogP contribution in [0.5, 0.6) is 0 Å². The lowest BCUT2D eigenvalue weighted by atomic mass is 10.4. The molecule has 1 aromatic rings. The summed E-state index contributed by atoms with van der Waals surface area (Å²) >= 11 is 0. The zero-order valence-corrected chi connectivity index (χ0v) is 7.59. The summed E-state index contributed by atoms with van der Waals surface area (Å²) in [5, 5.41) is 2.00. The van der Waals surface area contributed by atoms with Crippen molar-refractivity contribution < 1.29 is 22.7 Å². The quantitative estimate of drug-likeness (QED) is 0.745. The molecule has 0 saturated carbocycles. The number of nitrogens with one attached hydrogen (secondary N) is 1. The van der Waals surface area contributed by atoms with Crippen LogP contribution in [-0.2, 0) is 11.3 Å². The molecule has 0 aliphatic heterocycles. The van der Waals surface area contributed by atoms with Crippen LogP contribution in [0.15, 0.2) is 10.9 Å². The zero-order chi connectivity index (χ0) is 11.6. The largest absolute Gasteiger partial charge is 0.464 e. The summed E-state index contributed by atoms with van der Waals surface area (Å²) in [6.07, 6.45) is -4.53. The minimum absolute atomic E-state index is 0.284. The third-order valence-electron chi connectivity index (χ3n) is 1.53. The molecule has 0 saturated heterocycles. The number of carbonyl (C=O) groups excluding carboxylic acids is 1. The lowest BCUT2D eigenvalue weighted by molar-refractivity contribution is -0.143. The summed E-state index contributed by atoms with van der Waals surface area (Å²) < 4.78 is 40.3. The number of ether oxygens (including phenoxy) is 1. The van der Waals surface area contributed by atoms with Gasteiger partial charge in [0.15, 0.2) is 0 Å². The Bertz CT molecular complexity index is 418. The molecule has 84 valence electrons. The Morgan fingerprint density at radius 3 is 2.67 bits per heavy atom. The van der Waals surface area contributed by atoms with Crippen molar-refractivity contribution in [2.45, 2.75) is 12.7 Å². The Labute approximate surface area is 81.4 Å². The van der Waals surface area contributed by atoms with E-state index in [1.165, 1.54) is 0 Å². The number of methoxy groups -OCH3 is 1. The molecular weight excluding hydrogens is 217 g/mol. The fraction of sp³-hybridized carbons (Fsp3) is 0.429. The fourth-order valence-electron chi connectivity index (χ4n) is 0.945. The molecule has 15 heavy (non-hydrogen) atoms. The maximum absolute atomic E-state index is 11.9. The van der Waals surface area contributed by atoms with E-state index in [4.69, 9.17) is 0 Å². The first-order valence-corrected chi connectivity index (χ1v) is 3.78. The number of carbonyl (C=O) groups is 1. The van der Waals surface area contributed by atoms with E-state index in [9.17, 15) is 22.8 Å². The van der Waals surface area contributed by atoms with Crippen LogP contribution in [0.2, 0.25) is 0 Å². The molecule has 0 spiro atoms. The molecule has 1 heterocycles. The maximum atomic E-state index is 11.9. The first-order chi connectivity index (χ1) is 6.83. The summed E-state index contributed by atoms with van der Waals surface area (Å²) in [6, 6.07) is 0.748. The monoisotopic (exact) mass is 224 g/mol. The Balaban J connectivity index is 2.97. The van der Waals surface area contributed by atoms with Gasteiger partial charge in [-0.1, -0.05) is 0 Å². The molecule has 8 heteroatoms. The van der Waals surface area contributed by atoms with E-state index in [-0.39, 0.29) is 10.4 Å². The van der Waals surface area contributed by atoms with Crippen LogP contribution < -0.4 is 5.56 Å². The lowest BCUT2D eigenvalue weighted by Gasteiger charge is -2.05. The highest BCUT2D eigenvalue weighted by atomic mass is 19.4. The predicted molar refractivity (Wildman–Crippen MR) is 42.4 cm³/mol. The lowest BCUT2D eigenvalue weighted by Crippen LogP contribution is -2.26. The van der Waals surface area contributed by atoms with Gasteiger partial charge in [-0.05, 0) is 0 Å². The molecule has 0 aliphatic rings. The number of esters is 1. The highest BCUT2D eigenvalue weighted by Gasteiger charge is 2.29. The average molecular weight is 224 g/mol. The van der Waals surface area contributed by atoms with E-state index < -0.39 is 24.2 Å². The minimum Gasteiger partial charge on any atom is -0.464 e. The van der Waals surface area contributed by atoms with Crippen molar-refractivity contribution in [1.82, 2.24) is 9.78 Å². The third-order valence-corrected chi connectivity index (χ3v) is 1.53. The Morgan fingerprint density at radius 1 is 1.60 bits per heavy atom. The molecular formula is C7H7F3N2O3. The summed E-state index contributed by atoms with van der Waals surface area (Å²) in [4.78, 5) is 21.8. The Hall–Kier alpha value is -1.73. The smallest absolute Gasteiger partial charge is 0.408 e. The van der Waals surface area contributed by atoms with Gasteiger partial charge in [0.05, 0.1) is 7.11 Å². The summed E-state index contributed by atoms with van der Waals surface area (Å²) in [5.41, 5.74) is -1.25. The number of nitrogens with zero attached hydrogens (tertiary/aromatic N) is 1. The van der Waals surface area contributed by atoms with Crippen molar-refractivity contribution in [3.63, 3.8) is 0 Å². The first-order valence-electron chi connectivity index (χ1n) is 3.78. The minimum atomic E-state index is -4.53. The van der Waals surface area contributed by atoms with Crippen LogP contribution in [0.25, 0.3) is 0 Å². The SMILES string of the molecule is COC(=O)c1cc(=O)n(CC(F)(F)F)[nH]1. The summed E-state index contributed by atoms with van der Waals surface area (Å²) in [7, 11) is 1.06. The number of aromatic amines is 1. The van der Waals surface area contributed by atoms with Crippen molar-refractivity contribution in [3.05, 3.63) is 22.1 Å². The molecule has 0 radical (unpaired) electrons. The van der Waals surface area contributed by atoms with Crippen molar-refractivity contribution in [2.75, 3.05) is 7.11 Å². The molecule has 0 bridgehead atoms. The van der Waals surface area contributed by atoms with Crippen LogP contribution in [0.3, 0.4) is 0 Å². The van der Waals surface area contributed by atoms with Gasteiger partial charge in [-0.3, -0.25) is 9.89 Å². The number of H-pyrrole nitrogens is 1. The molecule has 1 N–H and O–H groups in total. The van der Waals surface area contributed by atoms with Crippen LogP contribution in [-0.4, -0.2) is 29.0 Å². The topological polar surface area (TPSA) is 64.1 Å². The van der Waals surface area contributed by atoms with E-state index in [1.54, 1.807) is 0 Å². The number of aromatic nitrogens is 2. The molecule has 0 fully saturated rings.